The van der Waals surface area contributed by atoms with Gasteiger partial charge in [-0.25, -0.2) is 0 Å². The number of rotatable bonds is 3. The summed E-state index contributed by atoms with van der Waals surface area (Å²) >= 11 is 0. The maximum absolute atomic E-state index is 6.03. The average molecular weight is 275 g/mol. The minimum atomic E-state index is 0.651. The summed E-state index contributed by atoms with van der Waals surface area (Å²) in [7, 11) is 0. The Hall–Kier alpha value is -2.74. The third-order valence-corrected chi connectivity index (χ3v) is 3.36. The van der Waals surface area contributed by atoms with Crippen molar-refractivity contribution in [2.75, 3.05) is 5.73 Å². The van der Waals surface area contributed by atoms with Crippen molar-refractivity contribution in [1.82, 2.24) is 0 Å². The number of hydrogen-bond acceptors (Lipinski definition) is 2. The van der Waals surface area contributed by atoms with Gasteiger partial charge < -0.3 is 10.5 Å². The highest BCUT2D eigenvalue weighted by Crippen LogP contribution is 2.35. The number of nitrogens with two attached hydrogens (primary N) is 1. The summed E-state index contributed by atoms with van der Waals surface area (Å²) in [5.74, 6) is 1.49. The molecule has 0 fully saturated rings. The van der Waals surface area contributed by atoms with Crippen LogP contribution < -0.4 is 10.5 Å². The van der Waals surface area contributed by atoms with E-state index in [9.17, 15) is 0 Å². The summed E-state index contributed by atoms with van der Waals surface area (Å²) in [4.78, 5) is 0. The smallest absolute Gasteiger partial charge is 0.150 e. The van der Waals surface area contributed by atoms with Gasteiger partial charge in [-0.05, 0) is 36.2 Å². The van der Waals surface area contributed by atoms with Crippen LogP contribution in [0.15, 0.2) is 72.8 Å². The Labute approximate surface area is 124 Å². The van der Waals surface area contributed by atoms with Crippen molar-refractivity contribution in [3.8, 4) is 22.6 Å². The lowest BCUT2D eigenvalue weighted by Crippen LogP contribution is -1.94. The van der Waals surface area contributed by atoms with Gasteiger partial charge in [-0.2, -0.15) is 0 Å². The monoisotopic (exact) mass is 275 g/mol. The lowest BCUT2D eigenvalue weighted by Gasteiger charge is -2.13. The van der Waals surface area contributed by atoms with Crippen LogP contribution in [0.5, 0.6) is 11.5 Å². The van der Waals surface area contributed by atoms with E-state index in [1.54, 1.807) is 0 Å². The van der Waals surface area contributed by atoms with Gasteiger partial charge in [0.25, 0.3) is 0 Å². The van der Waals surface area contributed by atoms with Crippen molar-refractivity contribution in [1.29, 1.82) is 0 Å². The van der Waals surface area contributed by atoms with Crippen LogP contribution in [0.25, 0.3) is 11.1 Å². The molecule has 0 aliphatic heterocycles. The molecule has 0 aliphatic carbocycles. The van der Waals surface area contributed by atoms with E-state index < -0.39 is 0 Å². The predicted octanol–water partition coefficient (Wildman–Crippen LogP) is 5.04. The van der Waals surface area contributed by atoms with E-state index in [4.69, 9.17) is 10.5 Å². The quantitative estimate of drug-likeness (QED) is 0.680. The molecule has 0 unspecified atom stereocenters. The average Bonchev–Trinajstić information content (AvgIpc) is 2.51. The zero-order valence-electron chi connectivity index (χ0n) is 11.9. The molecule has 3 rings (SSSR count). The molecule has 0 bridgehead atoms. The summed E-state index contributed by atoms with van der Waals surface area (Å²) in [5.41, 5.74) is 9.98. The molecule has 0 aliphatic rings. The fourth-order valence-electron chi connectivity index (χ4n) is 2.29. The maximum atomic E-state index is 6.03. The number of ether oxygens (including phenoxy) is 1. The van der Waals surface area contributed by atoms with Crippen LogP contribution in [-0.2, 0) is 0 Å². The first-order valence-corrected chi connectivity index (χ1v) is 6.92. The second kappa shape index (κ2) is 5.71. The van der Waals surface area contributed by atoms with Gasteiger partial charge in [-0.1, -0.05) is 54.6 Å². The van der Waals surface area contributed by atoms with E-state index in [2.05, 4.69) is 18.2 Å². The first-order valence-electron chi connectivity index (χ1n) is 6.92. The molecule has 3 aromatic rings. The largest absolute Gasteiger partial charge is 0.455 e. The zero-order valence-corrected chi connectivity index (χ0v) is 11.9. The number of benzene rings is 3. The first kappa shape index (κ1) is 13.3. The van der Waals surface area contributed by atoms with Crippen LogP contribution in [0.2, 0.25) is 0 Å². The Morgan fingerprint density at radius 3 is 2.24 bits per heavy atom. The first-order chi connectivity index (χ1) is 10.2. The molecule has 0 amide bonds. The Balaban J connectivity index is 2.00. The molecule has 0 heterocycles. The summed E-state index contributed by atoms with van der Waals surface area (Å²) < 4.78 is 6.02. The molecule has 0 saturated carbocycles. The van der Waals surface area contributed by atoms with Crippen molar-refractivity contribution in [2.24, 2.45) is 0 Å². The van der Waals surface area contributed by atoms with Gasteiger partial charge in [-0.3, -0.25) is 0 Å². The van der Waals surface area contributed by atoms with Crippen LogP contribution in [-0.4, -0.2) is 0 Å². The number of aryl methyl sites for hydroxylation is 1. The molecule has 21 heavy (non-hydrogen) atoms. The second-order valence-electron chi connectivity index (χ2n) is 5.01. The number of hydrogen-bond donors (Lipinski definition) is 1. The van der Waals surface area contributed by atoms with Crippen LogP contribution in [0.1, 0.15) is 5.56 Å². The highest BCUT2D eigenvalue weighted by molar-refractivity contribution is 5.71. The van der Waals surface area contributed by atoms with E-state index in [1.165, 1.54) is 0 Å². The van der Waals surface area contributed by atoms with Gasteiger partial charge in [0.15, 0.2) is 0 Å². The van der Waals surface area contributed by atoms with E-state index in [0.717, 1.165) is 22.4 Å². The van der Waals surface area contributed by atoms with Gasteiger partial charge >= 0.3 is 0 Å². The Morgan fingerprint density at radius 2 is 1.48 bits per heavy atom. The van der Waals surface area contributed by atoms with E-state index in [0.29, 0.717) is 11.4 Å². The lowest BCUT2D eigenvalue weighted by molar-refractivity contribution is 0.487. The second-order valence-corrected chi connectivity index (χ2v) is 5.01. The van der Waals surface area contributed by atoms with Crippen molar-refractivity contribution in [2.45, 2.75) is 6.92 Å². The number of nitrogen functional groups attached to an aromatic ring is 1. The number of para-hydroxylation sites is 1. The van der Waals surface area contributed by atoms with Crippen molar-refractivity contribution >= 4 is 5.69 Å². The lowest BCUT2D eigenvalue weighted by atomic mass is 10.0. The molecular formula is C19H17NO. The molecule has 0 aromatic heterocycles. The molecule has 104 valence electrons. The topological polar surface area (TPSA) is 35.2 Å². The van der Waals surface area contributed by atoms with Gasteiger partial charge in [0.1, 0.15) is 11.5 Å². The molecule has 0 spiro atoms. The predicted molar refractivity (Wildman–Crippen MR) is 87.5 cm³/mol. The van der Waals surface area contributed by atoms with Crippen molar-refractivity contribution in [3.05, 3.63) is 78.4 Å². The molecule has 2 heteroatoms. The SMILES string of the molecule is Cc1ccc(Oc2ccccc2-c2ccccc2)c(N)c1. The minimum absolute atomic E-state index is 0.651. The van der Waals surface area contributed by atoms with Gasteiger partial charge in [-0.15, -0.1) is 0 Å². The highest BCUT2D eigenvalue weighted by atomic mass is 16.5. The Kier molecular flexibility index (Phi) is 3.61. The molecule has 2 nitrogen and oxygen atoms in total. The van der Waals surface area contributed by atoms with E-state index in [1.807, 2.05) is 61.5 Å². The normalized spacial score (nSPS) is 10.3. The van der Waals surface area contributed by atoms with Gasteiger partial charge in [0, 0.05) is 5.56 Å². The van der Waals surface area contributed by atoms with Gasteiger partial charge in [0.2, 0.25) is 0 Å². The number of anilines is 1. The van der Waals surface area contributed by atoms with Crippen LogP contribution in [0.3, 0.4) is 0 Å². The fraction of sp³-hybridized carbons (Fsp3) is 0.0526. The highest BCUT2D eigenvalue weighted by Gasteiger charge is 2.08. The summed E-state index contributed by atoms with van der Waals surface area (Å²) in [6, 6.07) is 24.0. The third-order valence-electron chi connectivity index (χ3n) is 3.36. The summed E-state index contributed by atoms with van der Waals surface area (Å²) in [5, 5.41) is 0. The van der Waals surface area contributed by atoms with Gasteiger partial charge in [0.05, 0.1) is 5.69 Å². The van der Waals surface area contributed by atoms with Crippen molar-refractivity contribution in [3.63, 3.8) is 0 Å². The molecule has 2 N–H and O–H groups in total. The maximum Gasteiger partial charge on any atom is 0.150 e. The fourth-order valence-corrected chi connectivity index (χ4v) is 2.29. The molecular weight excluding hydrogens is 258 g/mol. The third kappa shape index (κ3) is 2.90. The van der Waals surface area contributed by atoms with Crippen LogP contribution >= 0.6 is 0 Å². The standard InChI is InChI=1S/C19H17NO/c1-14-11-12-19(17(20)13-14)21-18-10-6-5-9-16(18)15-7-3-2-4-8-15/h2-13H,20H2,1H3. The van der Waals surface area contributed by atoms with Crippen LogP contribution in [0, 0.1) is 6.92 Å². The zero-order chi connectivity index (χ0) is 14.7. The van der Waals surface area contributed by atoms with Crippen LogP contribution in [0.4, 0.5) is 5.69 Å². The van der Waals surface area contributed by atoms with E-state index >= 15 is 0 Å². The molecule has 0 atom stereocenters. The van der Waals surface area contributed by atoms with Crippen molar-refractivity contribution < 1.29 is 4.74 Å². The summed E-state index contributed by atoms with van der Waals surface area (Å²) in [6.07, 6.45) is 0. The Morgan fingerprint density at radius 1 is 0.762 bits per heavy atom. The summed E-state index contributed by atoms with van der Waals surface area (Å²) in [6.45, 7) is 2.01. The minimum Gasteiger partial charge on any atom is -0.455 e. The Bertz CT molecular complexity index is 751. The van der Waals surface area contributed by atoms with E-state index in [-0.39, 0.29) is 0 Å². The molecule has 0 saturated heterocycles. The molecule has 0 radical (unpaired) electrons. The molecule has 3 aromatic carbocycles.